The number of hydrogen-bond donors (Lipinski definition) is 2. The monoisotopic (exact) mass is 293 g/mol. The van der Waals surface area contributed by atoms with Crippen molar-refractivity contribution < 1.29 is 10.0 Å². The summed E-state index contributed by atoms with van der Waals surface area (Å²) in [6.45, 7) is 6.29. The number of benzene rings is 1. The predicted octanol–water partition coefficient (Wildman–Crippen LogP) is 2.62. The summed E-state index contributed by atoms with van der Waals surface area (Å²) in [5.74, 6) is 0.171. The van der Waals surface area contributed by atoms with Crippen molar-refractivity contribution in [2.75, 3.05) is 29.9 Å². The zero-order chi connectivity index (χ0) is 15.4. The molecule has 2 N–H and O–H groups in total. The van der Waals surface area contributed by atoms with Crippen molar-refractivity contribution in [1.82, 2.24) is 0 Å². The van der Waals surface area contributed by atoms with Crippen LogP contribution in [0.15, 0.2) is 18.2 Å². The summed E-state index contributed by atoms with van der Waals surface area (Å²) in [5.41, 5.74) is 1.73. The average Bonchev–Trinajstić information content (AvgIpc) is 2.47. The highest BCUT2D eigenvalue weighted by Crippen LogP contribution is 2.30. The van der Waals surface area contributed by atoms with Gasteiger partial charge in [0.05, 0.1) is 11.0 Å². The van der Waals surface area contributed by atoms with E-state index in [0.717, 1.165) is 37.4 Å². The quantitative estimate of drug-likeness (QED) is 0.644. The molecule has 21 heavy (non-hydrogen) atoms. The van der Waals surface area contributed by atoms with Gasteiger partial charge in [0.2, 0.25) is 0 Å². The normalized spacial score (nSPS) is 22.1. The molecule has 0 bridgehead atoms. The number of rotatable bonds is 5. The van der Waals surface area contributed by atoms with Gasteiger partial charge in [0.25, 0.3) is 5.69 Å². The van der Waals surface area contributed by atoms with Crippen molar-refractivity contribution in [1.29, 1.82) is 0 Å². The molecule has 2 atom stereocenters. The zero-order valence-electron chi connectivity index (χ0n) is 12.6. The van der Waals surface area contributed by atoms with Gasteiger partial charge in [0.1, 0.15) is 0 Å². The van der Waals surface area contributed by atoms with E-state index in [4.69, 9.17) is 0 Å². The minimum absolute atomic E-state index is 0.102. The van der Waals surface area contributed by atoms with Gasteiger partial charge >= 0.3 is 0 Å². The van der Waals surface area contributed by atoms with E-state index in [-0.39, 0.29) is 22.6 Å². The van der Waals surface area contributed by atoms with Crippen LogP contribution in [0.5, 0.6) is 0 Å². The molecular formula is C15H23N3O3. The van der Waals surface area contributed by atoms with E-state index < -0.39 is 0 Å². The van der Waals surface area contributed by atoms with Gasteiger partial charge in [0, 0.05) is 43.1 Å². The highest BCUT2D eigenvalue weighted by Gasteiger charge is 2.25. The lowest BCUT2D eigenvalue weighted by atomic mass is 9.96. The second kappa shape index (κ2) is 6.76. The van der Waals surface area contributed by atoms with E-state index in [1.54, 1.807) is 12.1 Å². The van der Waals surface area contributed by atoms with E-state index in [1.807, 2.05) is 13.0 Å². The van der Waals surface area contributed by atoms with Crippen LogP contribution >= 0.6 is 0 Å². The molecule has 1 fully saturated rings. The fourth-order valence-corrected chi connectivity index (χ4v) is 2.62. The molecule has 2 unspecified atom stereocenters. The fourth-order valence-electron chi connectivity index (χ4n) is 2.62. The van der Waals surface area contributed by atoms with Crippen LogP contribution in [0.3, 0.4) is 0 Å². The third-order valence-electron chi connectivity index (χ3n) is 3.92. The fraction of sp³-hybridized carbons (Fsp3) is 0.600. The number of nitro benzene ring substituents is 1. The molecule has 1 aromatic carbocycles. The van der Waals surface area contributed by atoms with Crippen LogP contribution in [-0.2, 0) is 0 Å². The Morgan fingerprint density at radius 2 is 2.24 bits per heavy atom. The first-order valence-corrected chi connectivity index (χ1v) is 7.47. The number of non-ortho nitro benzene ring substituents is 1. The standard InChI is InChI=1S/C15H23N3O3/c1-3-5-16-12-7-13(9-14(8-12)18(20)21)17-6-4-15(19)11(2)10-17/h7-9,11,15-16,19H,3-6,10H2,1-2H3. The third kappa shape index (κ3) is 3.85. The summed E-state index contributed by atoms with van der Waals surface area (Å²) in [5, 5.41) is 24.1. The average molecular weight is 293 g/mol. The van der Waals surface area contributed by atoms with Crippen molar-refractivity contribution >= 4 is 17.1 Å². The van der Waals surface area contributed by atoms with E-state index in [2.05, 4.69) is 17.1 Å². The molecule has 0 amide bonds. The van der Waals surface area contributed by atoms with Gasteiger partial charge in [-0.15, -0.1) is 0 Å². The molecule has 1 aromatic rings. The highest BCUT2D eigenvalue weighted by atomic mass is 16.6. The second-order valence-electron chi connectivity index (χ2n) is 5.70. The van der Waals surface area contributed by atoms with E-state index >= 15 is 0 Å². The van der Waals surface area contributed by atoms with Gasteiger partial charge < -0.3 is 15.3 Å². The molecule has 1 saturated heterocycles. The summed E-state index contributed by atoms with van der Waals surface area (Å²) >= 11 is 0. The number of anilines is 2. The Morgan fingerprint density at radius 3 is 2.86 bits per heavy atom. The van der Waals surface area contributed by atoms with Crippen molar-refractivity contribution in [2.45, 2.75) is 32.8 Å². The van der Waals surface area contributed by atoms with Crippen LogP contribution in [0.2, 0.25) is 0 Å². The number of nitrogens with one attached hydrogen (secondary N) is 1. The molecule has 1 aliphatic rings. The molecule has 0 aromatic heterocycles. The minimum Gasteiger partial charge on any atom is -0.393 e. The molecule has 0 radical (unpaired) electrons. The van der Waals surface area contributed by atoms with Gasteiger partial charge in [-0.25, -0.2) is 0 Å². The Labute approximate surface area is 124 Å². The second-order valence-corrected chi connectivity index (χ2v) is 5.70. The predicted molar refractivity (Wildman–Crippen MR) is 83.9 cm³/mol. The van der Waals surface area contributed by atoms with Gasteiger partial charge in [-0.05, 0) is 24.8 Å². The van der Waals surface area contributed by atoms with Crippen LogP contribution in [0, 0.1) is 16.0 Å². The van der Waals surface area contributed by atoms with Crippen LogP contribution in [0.1, 0.15) is 26.7 Å². The van der Waals surface area contributed by atoms with Crippen molar-refractivity contribution in [2.24, 2.45) is 5.92 Å². The molecule has 0 saturated carbocycles. The Balaban J connectivity index is 2.25. The lowest BCUT2D eigenvalue weighted by Gasteiger charge is -2.36. The smallest absolute Gasteiger partial charge is 0.273 e. The molecule has 0 spiro atoms. The summed E-state index contributed by atoms with van der Waals surface area (Å²) in [7, 11) is 0. The van der Waals surface area contributed by atoms with Gasteiger partial charge in [-0.3, -0.25) is 10.1 Å². The van der Waals surface area contributed by atoms with Crippen LogP contribution in [-0.4, -0.2) is 35.8 Å². The summed E-state index contributed by atoms with van der Waals surface area (Å²) in [4.78, 5) is 12.9. The number of piperidine rings is 1. The van der Waals surface area contributed by atoms with Gasteiger partial charge in [0.15, 0.2) is 0 Å². The van der Waals surface area contributed by atoms with Gasteiger partial charge in [-0.1, -0.05) is 13.8 Å². The number of nitrogens with zero attached hydrogens (tertiary/aromatic N) is 2. The number of aliphatic hydroxyl groups is 1. The lowest BCUT2D eigenvalue weighted by molar-refractivity contribution is -0.384. The van der Waals surface area contributed by atoms with Crippen molar-refractivity contribution in [3.05, 3.63) is 28.3 Å². The minimum atomic E-state index is -0.358. The van der Waals surface area contributed by atoms with Gasteiger partial charge in [-0.2, -0.15) is 0 Å². The molecule has 1 aliphatic heterocycles. The Morgan fingerprint density at radius 1 is 1.48 bits per heavy atom. The summed E-state index contributed by atoms with van der Waals surface area (Å²) in [6, 6.07) is 5.13. The Hall–Kier alpha value is -1.82. The zero-order valence-corrected chi connectivity index (χ0v) is 12.6. The topological polar surface area (TPSA) is 78.6 Å². The molecule has 1 heterocycles. The summed E-state index contributed by atoms with van der Waals surface area (Å²) < 4.78 is 0. The largest absolute Gasteiger partial charge is 0.393 e. The lowest BCUT2D eigenvalue weighted by Crippen LogP contribution is -2.42. The first kappa shape index (κ1) is 15.6. The van der Waals surface area contributed by atoms with E-state index in [9.17, 15) is 15.2 Å². The van der Waals surface area contributed by atoms with Crippen LogP contribution in [0.4, 0.5) is 17.1 Å². The maximum Gasteiger partial charge on any atom is 0.273 e. The van der Waals surface area contributed by atoms with E-state index in [1.165, 1.54) is 0 Å². The summed E-state index contributed by atoms with van der Waals surface area (Å²) in [6.07, 6.45) is 1.38. The number of aliphatic hydroxyl groups excluding tert-OH is 1. The van der Waals surface area contributed by atoms with Crippen LogP contribution < -0.4 is 10.2 Å². The molecule has 116 valence electrons. The molecular weight excluding hydrogens is 270 g/mol. The SMILES string of the molecule is CCCNc1cc(N2CCC(O)C(C)C2)cc([N+](=O)[O-])c1. The Kier molecular flexibility index (Phi) is 5.01. The van der Waals surface area contributed by atoms with Crippen LogP contribution in [0.25, 0.3) is 0 Å². The third-order valence-corrected chi connectivity index (χ3v) is 3.92. The number of hydrogen-bond acceptors (Lipinski definition) is 5. The molecule has 6 heteroatoms. The molecule has 2 rings (SSSR count). The Bertz CT molecular complexity index is 507. The molecule has 0 aliphatic carbocycles. The van der Waals surface area contributed by atoms with E-state index in [0.29, 0.717) is 6.42 Å². The maximum atomic E-state index is 11.1. The number of nitro groups is 1. The highest BCUT2D eigenvalue weighted by molar-refractivity contribution is 5.64. The maximum absolute atomic E-state index is 11.1. The van der Waals surface area contributed by atoms with Crippen molar-refractivity contribution in [3.8, 4) is 0 Å². The first-order chi connectivity index (χ1) is 10.0. The molecule has 6 nitrogen and oxygen atoms in total. The first-order valence-electron chi connectivity index (χ1n) is 7.47. The van der Waals surface area contributed by atoms with Crippen molar-refractivity contribution in [3.63, 3.8) is 0 Å².